The Morgan fingerprint density at radius 3 is 1.50 bits per heavy atom. The van der Waals surface area contributed by atoms with Crippen LogP contribution in [0.2, 0.25) is 0 Å². The van der Waals surface area contributed by atoms with Gasteiger partial charge in [-0.1, -0.05) is 41.5 Å². The summed E-state index contributed by atoms with van der Waals surface area (Å²) in [4.78, 5) is 5.84. The van der Waals surface area contributed by atoms with E-state index in [1.54, 1.807) is 0 Å². The predicted octanol–water partition coefficient (Wildman–Crippen LogP) is 1.77. The van der Waals surface area contributed by atoms with Crippen LogP contribution in [0.1, 0.15) is 41.5 Å². The van der Waals surface area contributed by atoms with Gasteiger partial charge in [0.1, 0.15) is 19.7 Å². The molecule has 0 atom stereocenters. The first-order chi connectivity index (χ1) is 6.41. The molecule has 0 spiro atoms. The molecule has 2 heteroatoms. The monoisotopic (exact) mass is 202 g/mol. The van der Waals surface area contributed by atoms with Gasteiger partial charge < -0.3 is 0 Å². The topological polar surface area (TPSA) is 13.7 Å². The molecule has 0 unspecified atom stereocenters. The molecule has 0 aliphatic carbocycles. The van der Waals surface area contributed by atoms with E-state index in [2.05, 4.69) is 41.5 Å². The first kappa shape index (κ1) is 13.9. The van der Waals surface area contributed by atoms with Gasteiger partial charge in [-0.3, -0.25) is 0 Å². The van der Waals surface area contributed by atoms with Gasteiger partial charge in [0.25, 0.3) is 0 Å². The molecule has 0 radical (unpaired) electrons. The number of quaternary nitrogens is 1. The van der Waals surface area contributed by atoms with Crippen molar-refractivity contribution in [3.05, 3.63) is 0 Å². The van der Waals surface area contributed by atoms with Crippen molar-refractivity contribution >= 4 is 0 Å². The highest BCUT2D eigenvalue weighted by Gasteiger charge is 2.14. The van der Waals surface area contributed by atoms with E-state index in [9.17, 15) is 0 Å². The third-order valence-electron chi connectivity index (χ3n) is 1.89. The second-order valence-corrected chi connectivity index (χ2v) is 5.44. The third kappa shape index (κ3) is 8.52. The maximum Gasteiger partial charge on any atom is 0.109 e. The Labute approximate surface area is 89.6 Å². The molecule has 0 aliphatic heterocycles. The first-order valence-corrected chi connectivity index (χ1v) is 5.89. The molecule has 0 aromatic heterocycles. The van der Waals surface area contributed by atoms with Crippen molar-refractivity contribution in [2.75, 3.05) is 19.7 Å². The fraction of sp³-hybridized carbons (Fsp3) is 1.00. The fourth-order valence-electron chi connectivity index (χ4n) is 1.40. The van der Waals surface area contributed by atoms with Crippen LogP contribution in [0.5, 0.6) is 0 Å². The molecular weight excluding hydrogens is 174 g/mol. The van der Waals surface area contributed by atoms with Crippen LogP contribution in [-0.2, 0) is 4.84 Å². The minimum absolute atomic E-state index is 0.629. The smallest absolute Gasteiger partial charge is 0.109 e. The molecule has 14 heavy (non-hydrogen) atoms. The second kappa shape index (κ2) is 7.24. The van der Waals surface area contributed by atoms with Crippen molar-refractivity contribution in [3.63, 3.8) is 0 Å². The third-order valence-corrected chi connectivity index (χ3v) is 1.89. The number of hydrogen-bond donors (Lipinski definition) is 1. The summed E-state index contributed by atoms with van der Waals surface area (Å²) < 4.78 is 0. The van der Waals surface area contributed by atoms with Crippen LogP contribution < -0.4 is 5.06 Å². The van der Waals surface area contributed by atoms with Gasteiger partial charge in [0, 0.05) is 11.8 Å². The van der Waals surface area contributed by atoms with Crippen molar-refractivity contribution in [3.8, 4) is 0 Å². The normalized spacial score (nSPS) is 12.4. The Hall–Kier alpha value is -0.0800. The van der Waals surface area contributed by atoms with Gasteiger partial charge in [-0.25, -0.2) is 4.84 Å². The number of rotatable bonds is 7. The van der Waals surface area contributed by atoms with Crippen LogP contribution in [0, 0.1) is 17.8 Å². The summed E-state index contributed by atoms with van der Waals surface area (Å²) in [6.45, 7) is 16.5. The largest absolute Gasteiger partial charge is 0.204 e. The average molecular weight is 202 g/mol. The van der Waals surface area contributed by atoms with E-state index in [1.165, 1.54) is 5.06 Å². The zero-order chi connectivity index (χ0) is 11.1. The maximum atomic E-state index is 5.84. The molecule has 1 N–H and O–H groups in total. The Kier molecular flexibility index (Phi) is 7.20. The van der Waals surface area contributed by atoms with Gasteiger partial charge in [0.15, 0.2) is 0 Å². The summed E-state index contributed by atoms with van der Waals surface area (Å²) in [5, 5.41) is 1.30. The summed E-state index contributed by atoms with van der Waals surface area (Å²) in [6.07, 6.45) is 0. The average Bonchev–Trinajstić information content (AvgIpc) is 1.97. The molecule has 0 aromatic rings. The highest BCUT2D eigenvalue weighted by atomic mass is 16.7. The SMILES string of the molecule is CC(C)CO[NH+](CC(C)C)CC(C)C. The minimum Gasteiger partial charge on any atom is -0.204 e. The Morgan fingerprint density at radius 1 is 0.786 bits per heavy atom. The van der Waals surface area contributed by atoms with E-state index in [0.717, 1.165) is 19.7 Å². The van der Waals surface area contributed by atoms with Gasteiger partial charge in [0.05, 0.1) is 0 Å². The quantitative estimate of drug-likeness (QED) is 0.621. The standard InChI is InChI=1S/C12H27NO/c1-10(2)7-13(8-11(3)4)14-9-12(5)6/h10-12H,7-9H2,1-6H3/p+1. The number of nitrogens with one attached hydrogen (secondary N) is 1. The van der Waals surface area contributed by atoms with Crippen LogP contribution >= 0.6 is 0 Å². The highest BCUT2D eigenvalue weighted by Crippen LogP contribution is 1.91. The lowest BCUT2D eigenvalue weighted by atomic mass is 10.2. The summed E-state index contributed by atoms with van der Waals surface area (Å²) in [6, 6.07) is 0. The summed E-state index contributed by atoms with van der Waals surface area (Å²) >= 11 is 0. The van der Waals surface area contributed by atoms with Crippen LogP contribution in [0.15, 0.2) is 0 Å². The lowest BCUT2D eigenvalue weighted by molar-refractivity contribution is -1.10. The van der Waals surface area contributed by atoms with Crippen molar-refractivity contribution in [1.29, 1.82) is 0 Å². The fourth-order valence-corrected chi connectivity index (χ4v) is 1.40. The number of hydrogen-bond acceptors (Lipinski definition) is 1. The molecule has 0 rings (SSSR count). The van der Waals surface area contributed by atoms with Gasteiger partial charge in [-0.2, -0.15) is 5.06 Å². The minimum atomic E-state index is 0.629. The maximum absolute atomic E-state index is 5.84. The summed E-state index contributed by atoms with van der Waals surface area (Å²) in [7, 11) is 0. The molecule has 0 amide bonds. The second-order valence-electron chi connectivity index (χ2n) is 5.44. The van der Waals surface area contributed by atoms with Crippen molar-refractivity contribution < 1.29 is 9.90 Å². The molecule has 0 bridgehead atoms. The van der Waals surface area contributed by atoms with Crippen LogP contribution in [0.4, 0.5) is 0 Å². The van der Waals surface area contributed by atoms with Crippen molar-refractivity contribution in [2.45, 2.75) is 41.5 Å². The van der Waals surface area contributed by atoms with E-state index >= 15 is 0 Å². The Morgan fingerprint density at radius 2 is 1.21 bits per heavy atom. The molecule has 0 saturated carbocycles. The molecule has 2 nitrogen and oxygen atoms in total. The van der Waals surface area contributed by atoms with Gasteiger partial charge >= 0.3 is 0 Å². The van der Waals surface area contributed by atoms with E-state index in [-0.39, 0.29) is 0 Å². The Bertz CT molecular complexity index is 122. The lowest BCUT2D eigenvalue weighted by Crippen LogP contribution is -3.12. The Balaban J connectivity index is 3.84. The lowest BCUT2D eigenvalue weighted by Gasteiger charge is -2.21. The van der Waals surface area contributed by atoms with E-state index in [1.807, 2.05) is 0 Å². The van der Waals surface area contributed by atoms with E-state index in [4.69, 9.17) is 4.84 Å². The highest BCUT2D eigenvalue weighted by molar-refractivity contribution is 4.41. The van der Waals surface area contributed by atoms with E-state index < -0.39 is 0 Å². The van der Waals surface area contributed by atoms with Crippen molar-refractivity contribution in [2.24, 2.45) is 17.8 Å². The molecular formula is C12H28NO+. The predicted molar refractivity (Wildman–Crippen MR) is 61.2 cm³/mol. The summed E-state index contributed by atoms with van der Waals surface area (Å²) in [5.41, 5.74) is 0. The zero-order valence-corrected chi connectivity index (χ0v) is 10.8. The van der Waals surface area contributed by atoms with Gasteiger partial charge in [-0.15, -0.1) is 0 Å². The molecule has 86 valence electrons. The zero-order valence-electron chi connectivity index (χ0n) is 10.8. The van der Waals surface area contributed by atoms with E-state index in [0.29, 0.717) is 17.8 Å². The molecule has 0 fully saturated rings. The van der Waals surface area contributed by atoms with Crippen LogP contribution in [-0.4, -0.2) is 19.7 Å². The summed E-state index contributed by atoms with van der Waals surface area (Å²) in [5.74, 6) is 2.04. The van der Waals surface area contributed by atoms with Crippen LogP contribution in [0.3, 0.4) is 0 Å². The molecule has 0 aromatic carbocycles. The number of hydroxylamine groups is 2. The van der Waals surface area contributed by atoms with Crippen molar-refractivity contribution in [1.82, 2.24) is 0 Å². The van der Waals surface area contributed by atoms with Crippen LogP contribution in [0.25, 0.3) is 0 Å². The first-order valence-electron chi connectivity index (χ1n) is 5.89. The van der Waals surface area contributed by atoms with Gasteiger partial charge in [-0.05, 0) is 5.92 Å². The molecule has 0 saturated heterocycles. The van der Waals surface area contributed by atoms with Gasteiger partial charge in [0.2, 0.25) is 0 Å². The molecule has 0 aliphatic rings. The molecule has 0 heterocycles.